The number of amides is 2. The lowest BCUT2D eigenvalue weighted by Gasteiger charge is -2.29. The lowest BCUT2D eigenvalue weighted by molar-refractivity contribution is -0.779. The molecule has 4 N–H and O–H groups in total. The molecule has 0 spiro atoms. The van der Waals surface area contributed by atoms with Gasteiger partial charge in [-0.2, -0.15) is 5.01 Å². The Morgan fingerprint density at radius 3 is 2.36 bits per heavy atom. The Labute approximate surface area is 197 Å². The lowest BCUT2D eigenvalue weighted by atomic mass is 10.0. The molecule has 33 heavy (non-hydrogen) atoms. The highest BCUT2D eigenvalue weighted by molar-refractivity contribution is 6.30. The molecule has 0 radical (unpaired) electrons. The summed E-state index contributed by atoms with van der Waals surface area (Å²) in [6.45, 7) is 3.52. The van der Waals surface area contributed by atoms with Gasteiger partial charge in [0.05, 0.1) is 18.3 Å². The van der Waals surface area contributed by atoms with Crippen molar-refractivity contribution >= 4 is 35.3 Å². The number of quaternary nitrogens is 1. The lowest BCUT2D eigenvalue weighted by Crippen LogP contribution is -2.96. The Kier molecular flexibility index (Phi) is 7.99. The smallest absolute Gasteiger partial charge is 0.254 e. The zero-order valence-corrected chi connectivity index (χ0v) is 19.4. The normalized spacial score (nSPS) is 18.4. The number of halogens is 1. The van der Waals surface area contributed by atoms with Gasteiger partial charge in [0.2, 0.25) is 0 Å². The number of benzene rings is 2. The molecule has 2 aromatic rings. The third kappa shape index (κ3) is 5.85. The van der Waals surface area contributed by atoms with Crippen molar-refractivity contribution in [2.75, 3.05) is 7.05 Å². The van der Waals surface area contributed by atoms with Crippen LogP contribution in [-0.4, -0.2) is 52.4 Å². The van der Waals surface area contributed by atoms with E-state index in [-0.39, 0.29) is 0 Å². The summed E-state index contributed by atoms with van der Waals surface area (Å²) in [4.78, 5) is 26.5. The van der Waals surface area contributed by atoms with E-state index in [9.17, 15) is 19.8 Å². The number of likely N-dealkylation sites (N-methyl/N-ethyl adjacent to an activating group) is 1. The molecule has 2 aromatic carbocycles. The summed E-state index contributed by atoms with van der Waals surface area (Å²) >= 11 is 6.01. The summed E-state index contributed by atoms with van der Waals surface area (Å²) in [5, 5.41) is 29.0. The first kappa shape index (κ1) is 24.6. The molecule has 0 bridgehead atoms. The van der Waals surface area contributed by atoms with Gasteiger partial charge in [0.15, 0.2) is 17.9 Å². The number of hydrogen-bond donors (Lipinski definition) is 4. The Morgan fingerprint density at radius 2 is 1.76 bits per heavy atom. The van der Waals surface area contributed by atoms with E-state index in [4.69, 9.17) is 11.6 Å². The Bertz CT molecular complexity index is 1040. The molecule has 0 aromatic heterocycles. The molecule has 5 atom stereocenters. The molecular formula is C24H28ClN4O4+. The van der Waals surface area contributed by atoms with Crippen LogP contribution in [0, 0.1) is 0 Å². The molecular weight excluding hydrogens is 444 g/mol. The van der Waals surface area contributed by atoms with Crippen LogP contribution >= 0.6 is 11.6 Å². The van der Waals surface area contributed by atoms with Crippen molar-refractivity contribution in [1.29, 1.82) is 0 Å². The Hall–Kier alpha value is -3.04. The van der Waals surface area contributed by atoms with Gasteiger partial charge in [-0.25, -0.2) is 0 Å². The van der Waals surface area contributed by atoms with Crippen molar-refractivity contribution in [3.63, 3.8) is 0 Å². The van der Waals surface area contributed by atoms with E-state index in [1.165, 1.54) is 11.9 Å². The molecule has 1 aliphatic heterocycles. The fraction of sp³-hybridized carbons (Fsp3) is 0.292. The Balaban J connectivity index is 1.59. The van der Waals surface area contributed by atoms with Gasteiger partial charge in [-0.05, 0) is 37.1 Å². The average Bonchev–Trinajstić information content (AvgIpc) is 3.36. The largest absolute Gasteiger partial charge is 0.380 e. The van der Waals surface area contributed by atoms with E-state index in [0.29, 0.717) is 5.02 Å². The number of carbonyl (C=O) groups is 2. The zero-order chi connectivity index (χ0) is 24.1. The van der Waals surface area contributed by atoms with Gasteiger partial charge in [0, 0.05) is 30.3 Å². The van der Waals surface area contributed by atoms with Crippen molar-refractivity contribution in [1.82, 2.24) is 10.2 Å². The standard InChI is InChI=1S/C24H27ClN4O4/c1-15(17-8-10-20(11-9-17)29-13-5-12-26-29)27-23(32)21(30)22(31)24(33)28(3)16(2)18-6-4-7-19(25)14-18/h4-16,21-22,30-31H,1-3H3,(H,27,32)/p+1/t15-,16?,21-,22-/m1/s1. The van der Waals surface area contributed by atoms with Crippen LogP contribution in [0.5, 0.6) is 0 Å². The number of aliphatic hydroxyl groups is 2. The highest BCUT2D eigenvalue weighted by Gasteiger charge is 2.34. The summed E-state index contributed by atoms with van der Waals surface area (Å²) in [6.07, 6.45) is 1.65. The van der Waals surface area contributed by atoms with Crippen molar-refractivity contribution < 1.29 is 24.8 Å². The first-order valence-electron chi connectivity index (χ1n) is 10.6. The van der Waals surface area contributed by atoms with Crippen molar-refractivity contribution in [2.45, 2.75) is 38.1 Å². The maximum atomic E-state index is 12.7. The van der Waals surface area contributed by atoms with Crippen LogP contribution in [0.2, 0.25) is 5.02 Å². The molecule has 0 saturated heterocycles. The highest BCUT2D eigenvalue weighted by Crippen LogP contribution is 2.23. The molecule has 1 aliphatic rings. The van der Waals surface area contributed by atoms with Crippen LogP contribution in [0.15, 0.2) is 65.9 Å². The maximum Gasteiger partial charge on any atom is 0.254 e. The van der Waals surface area contributed by atoms with Gasteiger partial charge in [-0.15, -0.1) is 0 Å². The molecule has 2 unspecified atom stereocenters. The number of nitrogens with one attached hydrogen (secondary N) is 2. The summed E-state index contributed by atoms with van der Waals surface area (Å²) < 4.78 is 0. The number of hydrogen-bond acceptors (Lipinski definition) is 5. The van der Waals surface area contributed by atoms with Crippen molar-refractivity contribution in [3.05, 3.63) is 77.0 Å². The third-order valence-electron chi connectivity index (χ3n) is 5.70. The summed E-state index contributed by atoms with van der Waals surface area (Å²) in [5.41, 5.74) is 2.51. The molecule has 3 rings (SSSR count). The molecule has 0 fully saturated rings. The third-order valence-corrected chi connectivity index (χ3v) is 5.93. The van der Waals surface area contributed by atoms with E-state index < -0.39 is 36.1 Å². The second-order valence-corrected chi connectivity index (χ2v) is 8.38. The molecule has 8 nitrogen and oxygen atoms in total. The van der Waals surface area contributed by atoms with Gasteiger partial charge in [0.25, 0.3) is 11.8 Å². The van der Waals surface area contributed by atoms with E-state index in [0.717, 1.165) is 21.8 Å². The second kappa shape index (κ2) is 10.7. The molecule has 9 heteroatoms. The highest BCUT2D eigenvalue weighted by atomic mass is 35.5. The zero-order valence-electron chi connectivity index (χ0n) is 18.6. The van der Waals surface area contributed by atoms with E-state index in [2.05, 4.69) is 10.4 Å². The first-order chi connectivity index (χ1) is 15.7. The average molecular weight is 472 g/mol. The minimum Gasteiger partial charge on any atom is -0.380 e. The van der Waals surface area contributed by atoms with Crippen LogP contribution in [0.3, 0.4) is 0 Å². The number of nitrogens with zero attached hydrogens (tertiary/aromatic N) is 2. The minimum absolute atomic E-state index is 0.421. The first-order valence-corrected chi connectivity index (χ1v) is 10.9. The van der Waals surface area contributed by atoms with E-state index in [1.54, 1.807) is 44.3 Å². The summed E-state index contributed by atoms with van der Waals surface area (Å²) in [7, 11) is 1.49. The van der Waals surface area contributed by atoms with Gasteiger partial charge in [-0.1, -0.05) is 41.0 Å². The van der Waals surface area contributed by atoms with E-state index in [1.807, 2.05) is 36.5 Å². The van der Waals surface area contributed by atoms with Crippen molar-refractivity contribution in [2.24, 2.45) is 5.10 Å². The van der Waals surface area contributed by atoms with Crippen LogP contribution in [0.4, 0.5) is 5.69 Å². The summed E-state index contributed by atoms with van der Waals surface area (Å²) in [6, 6.07) is 13.6. The fourth-order valence-corrected chi connectivity index (χ4v) is 3.66. The quantitative estimate of drug-likeness (QED) is 0.468. The predicted molar refractivity (Wildman–Crippen MR) is 126 cm³/mol. The molecule has 1 heterocycles. The number of aliphatic hydroxyl groups excluding tert-OH is 2. The number of allylic oxidation sites excluding steroid dienone is 1. The van der Waals surface area contributed by atoms with Crippen molar-refractivity contribution in [3.8, 4) is 0 Å². The number of rotatable bonds is 8. The Morgan fingerprint density at radius 1 is 1.06 bits per heavy atom. The van der Waals surface area contributed by atoms with E-state index >= 15 is 0 Å². The summed E-state index contributed by atoms with van der Waals surface area (Å²) in [5.74, 6) is -1.61. The minimum atomic E-state index is -1.92. The van der Waals surface area contributed by atoms with Gasteiger partial charge in [0.1, 0.15) is 6.20 Å². The van der Waals surface area contributed by atoms with Crippen LogP contribution < -0.4 is 10.3 Å². The number of carbonyl (C=O) groups excluding carboxylic acids is 2. The monoisotopic (exact) mass is 471 g/mol. The molecule has 0 saturated carbocycles. The maximum absolute atomic E-state index is 12.7. The topological polar surface area (TPSA) is 107 Å². The fourth-order valence-electron chi connectivity index (χ4n) is 3.46. The van der Waals surface area contributed by atoms with Crippen LogP contribution in [0.25, 0.3) is 0 Å². The second-order valence-electron chi connectivity index (χ2n) is 7.94. The predicted octanol–water partition coefficient (Wildman–Crippen LogP) is 1.49. The SMILES string of the molecule is CC(c1cccc(Cl)c1)N(C)C(=O)[C@H](O)[C@@H](O)C(=O)N[C@H](C)c1ccc([NH+]2C=CC=N2)cc1. The molecule has 174 valence electrons. The van der Waals surface area contributed by atoms with Gasteiger partial charge in [-0.3, -0.25) is 9.59 Å². The van der Waals surface area contributed by atoms with Crippen LogP contribution in [0.1, 0.15) is 37.1 Å². The molecule has 2 amide bonds. The van der Waals surface area contributed by atoms with Gasteiger partial charge < -0.3 is 20.4 Å². The van der Waals surface area contributed by atoms with Gasteiger partial charge >= 0.3 is 0 Å². The molecule has 0 aliphatic carbocycles. The van der Waals surface area contributed by atoms with Crippen LogP contribution in [-0.2, 0) is 9.59 Å².